The lowest BCUT2D eigenvalue weighted by atomic mass is 10.1. The molecule has 262 valence electrons. The second kappa shape index (κ2) is 17.6. The number of hydrogen-bond donors (Lipinski definition) is 1. The van der Waals surface area contributed by atoms with Gasteiger partial charge in [0.2, 0.25) is 10.0 Å². The van der Waals surface area contributed by atoms with Crippen LogP contribution in [0.1, 0.15) is 78.0 Å². The molecule has 0 spiro atoms. The molecule has 0 radical (unpaired) electrons. The van der Waals surface area contributed by atoms with Crippen LogP contribution >= 0.6 is 46.6 Å². The molecule has 0 aliphatic carbocycles. The number of unbranched alkanes of at least 4 members (excludes halogenated alkanes) is 6. The van der Waals surface area contributed by atoms with Crippen molar-refractivity contribution in [1.82, 2.24) is 24.5 Å². The van der Waals surface area contributed by atoms with Gasteiger partial charge < -0.3 is 4.90 Å². The summed E-state index contributed by atoms with van der Waals surface area (Å²) in [5, 5.41) is 17.4. The van der Waals surface area contributed by atoms with Gasteiger partial charge in [-0.1, -0.05) is 111 Å². The molecule has 5 rings (SSSR count). The summed E-state index contributed by atoms with van der Waals surface area (Å²) in [6.07, 6.45) is 14.9. The van der Waals surface area contributed by atoms with Crippen LogP contribution in [0.2, 0.25) is 15.1 Å². The van der Waals surface area contributed by atoms with Gasteiger partial charge in [-0.3, -0.25) is 0 Å². The fourth-order valence-electron chi connectivity index (χ4n) is 5.71. The van der Waals surface area contributed by atoms with Crippen LogP contribution < -0.4 is 14.8 Å². The van der Waals surface area contributed by atoms with E-state index in [-0.39, 0.29) is 12.3 Å². The molecular formula is C36H43Cl3N6O2S2. The normalized spacial score (nSPS) is 14.9. The maximum atomic E-state index is 12.6. The number of halogens is 3. The third kappa shape index (κ3) is 9.80. The van der Waals surface area contributed by atoms with Gasteiger partial charge in [-0.15, -0.1) is 10.2 Å². The smallest absolute Gasteiger partial charge is 0.211 e. The van der Waals surface area contributed by atoms with E-state index in [2.05, 4.69) is 51.9 Å². The minimum atomic E-state index is -3.38. The second-order valence-electron chi connectivity index (χ2n) is 12.2. The van der Waals surface area contributed by atoms with Crippen LogP contribution in [0.4, 0.5) is 5.69 Å². The van der Waals surface area contributed by atoms with Gasteiger partial charge in [0.15, 0.2) is 11.5 Å². The molecule has 1 aliphatic heterocycles. The van der Waals surface area contributed by atoms with Gasteiger partial charge in [0, 0.05) is 45.2 Å². The Balaban J connectivity index is 1.41. The van der Waals surface area contributed by atoms with Gasteiger partial charge in [0.25, 0.3) is 0 Å². The highest BCUT2D eigenvalue weighted by atomic mass is 35.5. The molecule has 13 heteroatoms. The number of sulfonamides is 1. The van der Waals surface area contributed by atoms with Crippen molar-refractivity contribution < 1.29 is 8.42 Å². The number of hydrogen-bond acceptors (Lipinski definition) is 7. The van der Waals surface area contributed by atoms with E-state index in [9.17, 15) is 8.42 Å². The highest BCUT2D eigenvalue weighted by Crippen LogP contribution is 2.47. The number of aromatic nitrogens is 4. The first-order valence-corrected chi connectivity index (χ1v) is 20.5. The molecule has 8 nitrogen and oxygen atoms in total. The highest BCUT2D eigenvalue weighted by molar-refractivity contribution is 8.03. The van der Waals surface area contributed by atoms with E-state index in [1.165, 1.54) is 18.5 Å². The van der Waals surface area contributed by atoms with Crippen molar-refractivity contribution in [2.24, 2.45) is 0 Å². The Hall–Kier alpha value is -2.60. The van der Waals surface area contributed by atoms with Gasteiger partial charge in [0.1, 0.15) is 5.69 Å². The molecule has 0 amide bonds. The molecule has 2 aromatic heterocycles. The van der Waals surface area contributed by atoms with Crippen molar-refractivity contribution in [3.05, 3.63) is 85.3 Å². The summed E-state index contributed by atoms with van der Waals surface area (Å²) in [7, 11) is -3.38. The van der Waals surface area contributed by atoms with Crippen LogP contribution in [0.25, 0.3) is 23.0 Å². The monoisotopic (exact) mass is 760 g/mol. The largest absolute Gasteiger partial charge is 0.335 e. The van der Waals surface area contributed by atoms with Crippen LogP contribution in [0.5, 0.6) is 0 Å². The number of nitrogens with zero attached hydrogens (tertiary/aromatic N) is 5. The van der Waals surface area contributed by atoms with Crippen LogP contribution in [-0.2, 0) is 16.4 Å². The van der Waals surface area contributed by atoms with Crippen molar-refractivity contribution >= 4 is 74.0 Å². The molecule has 49 heavy (non-hydrogen) atoms. The minimum Gasteiger partial charge on any atom is -0.335 e. The van der Waals surface area contributed by atoms with Gasteiger partial charge >= 0.3 is 0 Å². The number of thioether (sulfide) groups is 1. The predicted molar refractivity (Wildman–Crippen MR) is 206 cm³/mol. The molecule has 0 saturated heterocycles. The van der Waals surface area contributed by atoms with E-state index in [4.69, 9.17) is 39.9 Å². The van der Waals surface area contributed by atoms with Gasteiger partial charge in [-0.25, -0.2) is 13.1 Å². The van der Waals surface area contributed by atoms with Crippen molar-refractivity contribution in [3.63, 3.8) is 0 Å². The van der Waals surface area contributed by atoms with Crippen molar-refractivity contribution in [3.8, 4) is 11.3 Å². The molecule has 1 aliphatic rings. The third-order valence-corrected chi connectivity index (χ3v) is 11.7. The topological polar surface area (TPSA) is 92.5 Å². The first kappa shape index (κ1) is 37.7. The zero-order valence-corrected chi connectivity index (χ0v) is 32.1. The molecular weight excluding hydrogens is 719 g/mol. The highest BCUT2D eigenvalue weighted by Gasteiger charge is 2.24. The zero-order valence-electron chi connectivity index (χ0n) is 28.2. The SMILES string of the molecule is CCCCCCCCS(=O)(=O)NCCc1nnc2\c(=C/C(C)=C/C=C3\Sc4cc(Cl)ccc4N3CCCC)c(-c3ccc(Cl)cc3Cl)nn12. The second-order valence-corrected chi connectivity index (χ2v) is 16.5. The Kier molecular flexibility index (Phi) is 13.5. The molecule has 4 aromatic rings. The Labute approximate surface area is 309 Å². The van der Waals surface area contributed by atoms with Crippen molar-refractivity contribution in [2.75, 3.05) is 23.7 Å². The van der Waals surface area contributed by atoms with Crippen LogP contribution in [0.3, 0.4) is 0 Å². The number of benzene rings is 2. The van der Waals surface area contributed by atoms with E-state index in [0.717, 1.165) is 64.4 Å². The average Bonchev–Trinajstić information content (AvgIpc) is 3.73. The summed E-state index contributed by atoms with van der Waals surface area (Å²) in [6, 6.07) is 11.4. The van der Waals surface area contributed by atoms with Crippen LogP contribution in [0.15, 0.2) is 64.0 Å². The minimum absolute atomic E-state index is 0.123. The number of rotatable bonds is 17. The lowest BCUT2D eigenvalue weighted by molar-refractivity contribution is 0.570. The van der Waals surface area contributed by atoms with E-state index < -0.39 is 10.0 Å². The summed E-state index contributed by atoms with van der Waals surface area (Å²) in [4.78, 5) is 3.49. The molecule has 3 heterocycles. The number of allylic oxidation sites excluding steroid dienone is 3. The molecule has 2 aromatic carbocycles. The zero-order chi connectivity index (χ0) is 35.0. The number of fused-ring (bicyclic) bond motifs is 2. The molecule has 0 bridgehead atoms. The molecule has 0 fully saturated rings. The predicted octanol–water partition coefficient (Wildman–Crippen LogP) is 9.27. The molecule has 0 atom stereocenters. The quantitative estimate of drug-likeness (QED) is 0.107. The standard InChI is InChI=1S/C36H43Cl3N6O2S2/c1-4-6-8-9-10-11-21-49(46,47)40-19-18-33-41-42-36-29(35(43-45(33)36)28-15-13-26(37)23-30(28)39)22-25(3)12-17-34-44(20-7-5-2)31-16-14-27(38)24-32(31)48-34/h12-17,22-24,40H,4-11,18-21H2,1-3H3/b25-12+,29-22-,34-17-. The summed E-state index contributed by atoms with van der Waals surface area (Å²) in [6.45, 7) is 7.52. The third-order valence-electron chi connectivity index (χ3n) is 8.31. The average molecular weight is 762 g/mol. The van der Waals surface area contributed by atoms with Gasteiger partial charge in [-0.05, 0) is 68.3 Å². The Bertz CT molecular complexity index is 1990. The van der Waals surface area contributed by atoms with E-state index >= 15 is 0 Å². The fraction of sp³-hybridized carbons (Fsp3) is 0.417. The summed E-state index contributed by atoms with van der Waals surface area (Å²) in [5.74, 6) is 0.676. The molecule has 0 unspecified atom stereocenters. The van der Waals surface area contributed by atoms with Crippen LogP contribution in [0, 0.1) is 0 Å². The summed E-state index contributed by atoms with van der Waals surface area (Å²) < 4.78 is 29.7. The Morgan fingerprint density at radius 3 is 2.45 bits per heavy atom. The summed E-state index contributed by atoms with van der Waals surface area (Å²) >= 11 is 20.9. The van der Waals surface area contributed by atoms with Crippen molar-refractivity contribution in [1.29, 1.82) is 0 Å². The summed E-state index contributed by atoms with van der Waals surface area (Å²) in [5.41, 5.74) is 4.06. The van der Waals surface area contributed by atoms with Crippen LogP contribution in [-0.4, -0.2) is 47.1 Å². The fourth-order valence-corrected chi connectivity index (χ4v) is 8.71. The maximum Gasteiger partial charge on any atom is 0.211 e. The van der Waals surface area contributed by atoms with Gasteiger partial charge in [-0.2, -0.15) is 9.61 Å². The first-order valence-electron chi connectivity index (χ1n) is 16.9. The lowest BCUT2D eigenvalue weighted by Gasteiger charge is -2.20. The Morgan fingerprint density at radius 2 is 1.67 bits per heavy atom. The van der Waals surface area contributed by atoms with E-state index in [1.807, 2.05) is 31.2 Å². The maximum absolute atomic E-state index is 12.6. The lowest BCUT2D eigenvalue weighted by Crippen LogP contribution is -2.28. The molecule has 0 saturated carbocycles. The first-order chi connectivity index (χ1) is 23.6. The number of nitrogens with one attached hydrogen (secondary N) is 1. The Morgan fingerprint density at radius 1 is 0.939 bits per heavy atom. The van der Waals surface area contributed by atoms with Gasteiger partial charge in [0.05, 0.1) is 21.5 Å². The van der Waals surface area contributed by atoms with E-state index in [1.54, 1.807) is 28.4 Å². The van der Waals surface area contributed by atoms with Crippen molar-refractivity contribution in [2.45, 2.75) is 83.5 Å². The molecule has 1 N–H and O–H groups in total. The number of anilines is 1. The van der Waals surface area contributed by atoms with E-state index in [0.29, 0.717) is 45.6 Å².